The van der Waals surface area contributed by atoms with Crippen molar-refractivity contribution in [3.63, 3.8) is 0 Å². The monoisotopic (exact) mass is 277 g/mol. The largest absolute Gasteiger partial charge is 0.478 e. The molecule has 1 atom stereocenters. The topological polar surface area (TPSA) is 66.8 Å². The minimum atomic E-state index is -0.991. The zero-order valence-electron chi connectivity index (χ0n) is 11.7. The zero-order chi connectivity index (χ0) is 14.7. The molecular formula is C15H19NO4. The van der Waals surface area contributed by atoms with Gasteiger partial charge in [0.05, 0.1) is 18.3 Å². The minimum Gasteiger partial charge on any atom is -0.478 e. The highest BCUT2D eigenvalue weighted by atomic mass is 16.5. The van der Waals surface area contributed by atoms with Crippen LogP contribution in [0.15, 0.2) is 24.3 Å². The molecule has 1 unspecified atom stereocenters. The summed E-state index contributed by atoms with van der Waals surface area (Å²) < 4.78 is 5.63. The van der Waals surface area contributed by atoms with Crippen molar-refractivity contribution in [2.24, 2.45) is 5.92 Å². The number of benzene rings is 1. The van der Waals surface area contributed by atoms with Crippen molar-refractivity contribution in [1.82, 2.24) is 4.90 Å². The lowest BCUT2D eigenvalue weighted by molar-refractivity contribution is -0.0420. The summed E-state index contributed by atoms with van der Waals surface area (Å²) in [6.45, 7) is 5.84. The summed E-state index contributed by atoms with van der Waals surface area (Å²) in [4.78, 5) is 24.9. The van der Waals surface area contributed by atoms with E-state index >= 15 is 0 Å². The highest BCUT2D eigenvalue weighted by molar-refractivity contribution is 5.96. The fraction of sp³-hybridized carbons (Fsp3) is 0.467. The summed E-state index contributed by atoms with van der Waals surface area (Å²) in [5, 5.41) is 8.85. The maximum Gasteiger partial charge on any atom is 0.335 e. The average molecular weight is 277 g/mol. The molecule has 2 rings (SSSR count). The third-order valence-corrected chi connectivity index (χ3v) is 3.50. The van der Waals surface area contributed by atoms with E-state index in [2.05, 4.69) is 13.8 Å². The van der Waals surface area contributed by atoms with Gasteiger partial charge in [-0.15, -0.1) is 0 Å². The number of rotatable bonds is 3. The normalized spacial score (nSPS) is 19.1. The van der Waals surface area contributed by atoms with Gasteiger partial charge in [-0.2, -0.15) is 0 Å². The molecule has 5 nitrogen and oxygen atoms in total. The lowest BCUT2D eigenvalue weighted by Gasteiger charge is -2.35. The Kier molecular flexibility index (Phi) is 4.39. The van der Waals surface area contributed by atoms with Crippen LogP contribution >= 0.6 is 0 Å². The molecule has 108 valence electrons. The molecule has 0 aromatic heterocycles. The number of hydrogen-bond acceptors (Lipinski definition) is 3. The van der Waals surface area contributed by atoms with E-state index < -0.39 is 5.97 Å². The summed E-state index contributed by atoms with van der Waals surface area (Å²) in [5.41, 5.74) is 0.697. The molecule has 5 heteroatoms. The first-order valence-electron chi connectivity index (χ1n) is 6.73. The van der Waals surface area contributed by atoms with E-state index in [0.29, 0.717) is 31.2 Å². The molecule has 20 heavy (non-hydrogen) atoms. The first kappa shape index (κ1) is 14.5. The Morgan fingerprint density at radius 2 is 1.85 bits per heavy atom. The van der Waals surface area contributed by atoms with E-state index in [1.165, 1.54) is 12.1 Å². The number of carbonyl (C=O) groups excluding carboxylic acids is 1. The summed E-state index contributed by atoms with van der Waals surface area (Å²) in [5.74, 6) is -0.703. The number of carbonyl (C=O) groups is 2. The molecule has 1 aliphatic heterocycles. The SMILES string of the molecule is CC(C)C1CN(C(=O)c2ccc(C(=O)O)cc2)CCO1. The molecule has 1 aliphatic rings. The highest BCUT2D eigenvalue weighted by Gasteiger charge is 2.26. The van der Waals surface area contributed by atoms with Crippen LogP contribution in [-0.4, -0.2) is 47.7 Å². The quantitative estimate of drug-likeness (QED) is 0.916. The standard InChI is InChI=1S/C15H19NO4/c1-10(2)13-9-16(7-8-20-13)14(17)11-3-5-12(6-4-11)15(18)19/h3-6,10,13H,7-9H2,1-2H3,(H,18,19). The van der Waals surface area contributed by atoms with Crippen LogP contribution in [0.2, 0.25) is 0 Å². The van der Waals surface area contributed by atoms with Crippen LogP contribution in [0, 0.1) is 5.92 Å². The molecule has 1 amide bonds. The summed E-state index contributed by atoms with van der Waals surface area (Å²) in [6, 6.07) is 6.03. The van der Waals surface area contributed by atoms with Crippen LogP contribution in [0.3, 0.4) is 0 Å². The molecular weight excluding hydrogens is 258 g/mol. The lowest BCUT2D eigenvalue weighted by Crippen LogP contribution is -2.47. The Morgan fingerprint density at radius 1 is 1.25 bits per heavy atom. The second-order valence-electron chi connectivity index (χ2n) is 5.29. The van der Waals surface area contributed by atoms with Crippen LogP contribution in [0.1, 0.15) is 34.6 Å². The van der Waals surface area contributed by atoms with Gasteiger partial charge in [0.15, 0.2) is 0 Å². The number of aromatic carboxylic acids is 1. The van der Waals surface area contributed by atoms with Gasteiger partial charge in [-0.3, -0.25) is 4.79 Å². The minimum absolute atomic E-state index is 0.0611. The second-order valence-corrected chi connectivity index (χ2v) is 5.29. The molecule has 0 radical (unpaired) electrons. The fourth-order valence-corrected chi connectivity index (χ4v) is 2.20. The van der Waals surface area contributed by atoms with Crippen molar-refractivity contribution in [2.45, 2.75) is 20.0 Å². The van der Waals surface area contributed by atoms with Gasteiger partial charge in [0.25, 0.3) is 5.91 Å². The first-order valence-corrected chi connectivity index (χ1v) is 6.73. The van der Waals surface area contributed by atoms with Crippen LogP contribution in [0.4, 0.5) is 0 Å². The van der Waals surface area contributed by atoms with E-state index in [9.17, 15) is 9.59 Å². The summed E-state index contributed by atoms with van der Waals surface area (Å²) in [7, 11) is 0. The Hall–Kier alpha value is -1.88. The fourth-order valence-electron chi connectivity index (χ4n) is 2.20. The number of carboxylic acid groups (broad SMARTS) is 1. The molecule has 0 spiro atoms. The van der Waals surface area contributed by atoms with E-state index in [1.54, 1.807) is 17.0 Å². The second kappa shape index (κ2) is 6.05. The smallest absolute Gasteiger partial charge is 0.335 e. The van der Waals surface area contributed by atoms with Crippen LogP contribution in [-0.2, 0) is 4.74 Å². The summed E-state index contributed by atoms with van der Waals surface area (Å²) >= 11 is 0. The third kappa shape index (κ3) is 3.17. The van der Waals surface area contributed by atoms with E-state index in [-0.39, 0.29) is 17.6 Å². The van der Waals surface area contributed by atoms with Crippen molar-refractivity contribution >= 4 is 11.9 Å². The maximum atomic E-state index is 12.4. The summed E-state index contributed by atoms with van der Waals surface area (Å²) in [6.07, 6.45) is 0.0611. The number of nitrogens with zero attached hydrogens (tertiary/aromatic N) is 1. The van der Waals surface area contributed by atoms with Crippen molar-refractivity contribution in [3.05, 3.63) is 35.4 Å². The number of hydrogen-bond donors (Lipinski definition) is 1. The molecule has 0 saturated carbocycles. The van der Waals surface area contributed by atoms with Gasteiger partial charge in [0.1, 0.15) is 0 Å². The molecule has 1 saturated heterocycles. The molecule has 1 aromatic carbocycles. The van der Waals surface area contributed by atoms with Crippen molar-refractivity contribution in [2.75, 3.05) is 19.7 Å². The Balaban J connectivity index is 2.08. The predicted molar refractivity (Wildman–Crippen MR) is 73.9 cm³/mol. The Bertz CT molecular complexity index is 495. The lowest BCUT2D eigenvalue weighted by atomic mass is 10.0. The van der Waals surface area contributed by atoms with Gasteiger partial charge >= 0.3 is 5.97 Å². The van der Waals surface area contributed by atoms with Crippen molar-refractivity contribution < 1.29 is 19.4 Å². The molecule has 1 N–H and O–H groups in total. The van der Waals surface area contributed by atoms with Gasteiger partial charge in [-0.05, 0) is 30.2 Å². The van der Waals surface area contributed by atoms with Crippen LogP contribution in [0.25, 0.3) is 0 Å². The van der Waals surface area contributed by atoms with Crippen molar-refractivity contribution in [3.8, 4) is 0 Å². The molecule has 0 aliphatic carbocycles. The number of ether oxygens (including phenoxy) is 1. The third-order valence-electron chi connectivity index (χ3n) is 3.50. The Morgan fingerprint density at radius 3 is 2.40 bits per heavy atom. The number of amides is 1. The Labute approximate surface area is 118 Å². The van der Waals surface area contributed by atoms with Crippen LogP contribution < -0.4 is 0 Å². The maximum absolute atomic E-state index is 12.4. The van der Waals surface area contributed by atoms with Gasteiger partial charge in [0, 0.05) is 18.7 Å². The van der Waals surface area contributed by atoms with Crippen LogP contribution in [0.5, 0.6) is 0 Å². The number of morpholine rings is 1. The number of carboxylic acids is 1. The molecule has 1 fully saturated rings. The van der Waals surface area contributed by atoms with E-state index in [4.69, 9.17) is 9.84 Å². The van der Waals surface area contributed by atoms with Gasteiger partial charge in [-0.1, -0.05) is 13.8 Å². The highest BCUT2D eigenvalue weighted by Crippen LogP contribution is 2.16. The molecule has 0 bridgehead atoms. The zero-order valence-corrected chi connectivity index (χ0v) is 11.7. The predicted octanol–water partition coefficient (Wildman–Crippen LogP) is 1.88. The molecule has 1 heterocycles. The van der Waals surface area contributed by atoms with Gasteiger partial charge < -0.3 is 14.7 Å². The van der Waals surface area contributed by atoms with Crippen molar-refractivity contribution in [1.29, 1.82) is 0 Å². The van der Waals surface area contributed by atoms with E-state index in [1.807, 2.05) is 0 Å². The van der Waals surface area contributed by atoms with E-state index in [0.717, 1.165) is 0 Å². The van der Waals surface area contributed by atoms with Gasteiger partial charge in [0.2, 0.25) is 0 Å². The average Bonchev–Trinajstić information content (AvgIpc) is 2.46. The van der Waals surface area contributed by atoms with Gasteiger partial charge in [-0.25, -0.2) is 4.79 Å². The first-order chi connectivity index (χ1) is 9.49. The molecule has 1 aromatic rings.